The zero-order valence-electron chi connectivity index (χ0n) is 9.84. The Hall–Kier alpha value is -1.88. The van der Waals surface area contributed by atoms with Crippen molar-refractivity contribution in [1.82, 2.24) is 14.8 Å². The van der Waals surface area contributed by atoms with Crippen molar-refractivity contribution in [3.63, 3.8) is 0 Å². The van der Waals surface area contributed by atoms with E-state index in [4.69, 9.17) is 10.5 Å². The first-order chi connectivity index (χ1) is 8.35. The highest BCUT2D eigenvalue weighted by Gasteiger charge is 2.05. The van der Waals surface area contributed by atoms with Crippen LogP contribution in [0, 0.1) is 0 Å². The summed E-state index contributed by atoms with van der Waals surface area (Å²) in [5, 5.41) is 4.26. The minimum atomic E-state index is 0.439. The third-order valence-electron chi connectivity index (χ3n) is 2.38. The molecule has 2 heterocycles. The Balaban J connectivity index is 2.24. The Morgan fingerprint density at radius 2 is 2.29 bits per heavy atom. The van der Waals surface area contributed by atoms with Crippen LogP contribution in [0.4, 0.5) is 0 Å². The van der Waals surface area contributed by atoms with Crippen LogP contribution in [0.1, 0.15) is 18.9 Å². The van der Waals surface area contributed by atoms with Gasteiger partial charge >= 0.3 is 0 Å². The summed E-state index contributed by atoms with van der Waals surface area (Å²) in [7, 11) is 0. The third-order valence-corrected chi connectivity index (χ3v) is 2.38. The van der Waals surface area contributed by atoms with Gasteiger partial charge in [-0.3, -0.25) is 4.98 Å². The lowest BCUT2D eigenvalue weighted by atomic mass is 10.2. The first-order valence-electron chi connectivity index (χ1n) is 5.66. The van der Waals surface area contributed by atoms with E-state index >= 15 is 0 Å². The lowest BCUT2D eigenvalue weighted by Gasteiger charge is -2.06. The summed E-state index contributed by atoms with van der Waals surface area (Å²) >= 11 is 0. The van der Waals surface area contributed by atoms with Gasteiger partial charge < -0.3 is 10.5 Å². The third kappa shape index (κ3) is 2.62. The van der Waals surface area contributed by atoms with Gasteiger partial charge in [-0.25, -0.2) is 4.68 Å². The van der Waals surface area contributed by atoms with E-state index in [-0.39, 0.29) is 0 Å². The predicted molar refractivity (Wildman–Crippen MR) is 65.0 cm³/mol. The average molecular weight is 232 g/mol. The van der Waals surface area contributed by atoms with Crippen molar-refractivity contribution in [3.8, 4) is 11.4 Å². The molecule has 0 amide bonds. The van der Waals surface area contributed by atoms with Gasteiger partial charge in [0, 0.05) is 24.5 Å². The maximum absolute atomic E-state index is 5.66. The zero-order chi connectivity index (χ0) is 12.1. The molecule has 0 aliphatic rings. The number of hydrogen-bond acceptors (Lipinski definition) is 4. The number of rotatable bonds is 5. The Labute approximate surface area is 100 Å². The lowest BCUT2D eigenvalue weighted by molar-refractivity contribution is 0.317. The summed E-state index contributed by atoms with van der Waals surface area (Å²) in [6.45, 7) is 3.21. The van der Waals surface area contributed by atoms with Gasteiger partial charge in [0.2, 0.25) is 0 Å². The van der Waals surface area contributed by atoms with E-state index in [2.05, 4.69) is 17.0 Å². The Morgan fingerprint density at radius 1 is 1.41 bits per heavy atom. The molecule has 2 aromatic rings. The minimum absolute atomic E-state index is 0.439. The van der Waals surface area contributed by atoms with Crippen LogP contribution < -0.4 is 10.5 Å². The molecule has 0 aliphatic heterocycles. The summed E-state index contributed by atoms with van der Waals surface area (Å²) in [6, 6.07) is 1.89. The Morgan fingerprint density at radius 3 is 3.06 bits per heavy atom. The fourth-order valence-corrected chi connectivity index (χ4v) is 1.53. The van der Waals surface area contributed by atoms with Crippen LogP contribution in [0.2, 0.25) is 0 Å². The van der Waals surface area contributed by atoms with Crippen LogP contribution in [-0.2, 0) is 6.54 Å². The normalized spacial score (nSPS) is 10.5. The number of hydrogen-bond donors (Lipinski definition) is 1. The van der Waals surface area contributed by atoms with Gasteiger partial charge in [0.1, 0.15) is 0 Å². The molecule has 2 N–H and O–H groups in total. The number of pyridine rings is 1. The summed E-state index contributed by atoms with van der Waals surface area (Å²) < 4.78 is 7.26. The molecule has 0 atom stereocenters. The number of aromatic nitrogens is 3. The molecule has 0 fully saturated rings. The molecule has 0 radical (unpaired) electrons. The molecule has 17 heavy (non-hydrogen) atoms. The van der Waals surface area contributed by atoms with Gasteiger partial charge in [-0.2, -0.15) is 5.10 Å². The maximum atomic E-state index is 5.66. The monoisotopic (exact) mass is 232 g/mol. The van der Waals surface area contributed by atoms with E-state index in [9.17, 15) is 0 Å². The summed E-state index contributed by atoms with van der Waals surface area (Å²) in [6.07, 6.45) is 8.02. The van der Waals surface area contributed by atoms with E-state index < -0.39 is 0 Å². The molecule has 0 aromatic carbocycles. The smallest absolute Gasteiger partial charge is 0.157 e. The molecule has 0 saturated heterocycles. The largest absolute Gasteiger partial charge is 0.490 e. The molecular formula is C12H16N4O. The highest BCUT2D eigenvalue weighted by molar-refractivity contribution is 5.38. The van der Waals surface area contributed by atoms with E-state index in [0.717, 1.165) is 23.4 Å². The second-order valence-electron chi connectivity index (χ2n) is 3.68. The van der Waals surface area contributed by atoms with E-state index in [1.807, 2.05) is 12.3 Å². The van der Waals surface area contributed by atoms with Crippen LogP contribution in [0.15, 0.2) is 30.9 Å². The Bertz CT molecular complexity index is 481. The van der Waals surface area contributed by atoms with E-state index in [1.165, 1.54) is 0 Å². The molecule has 0 spiro atoms. The van der Waals surface area contributed by atoms with Gasteiger partial charge in [0.15, 0.2) is 5.75 Å². The summed E-state index contributed by atoms with van der Waals surface area (Å²) in [5.74, 6) is 0.770. The van der Waals surface area contributed by atoms with Crippen molar-refractivity contribution < 1.29 is 4.74 Å². The standard InChI is InChI=1S/C12H16N4O/c1-2-5-17-11-8-15-16(9-11)12-3-4-14-7-10(12)6-13/h3-4,7-9H,2,5-6,13H2,1H3. The first-order valence-corrected chi connectivity index (χ1v) is 5.66. The van der Waals surface area contributed by atoms with E-state index in [0.29, 0.717) is 13.2 Å². The SMILES string of the molecule is CCCOc1cnn(-c2ccncc2CN)c1. The van der Waals surface area contributed by atoms with Crippen molar-refractivity contribution in [1.29, 1.82) is 0 Å². The number of nitrogens with two attached hydrogens (primary N) is 1. The molecule has 0 bridgehead atoms. The van der Waals surface area contributed by atoms with Gasteiger partial charge in [0.25, 0.3) is 0 Å². The summed E-state index contributed by atoms with van der Waals surface area (Å²) in [4.78, 5) is 4.05. The molecule has 5 nitrogen and oxygen atoms in total. The second-order valence-corrected chi connectivity index (χ2v) is 3.68. The molecular weight excluding hydrogens is 216 g/mol. The van der Waals surface area contributed by atoms with Gasteiger partial charge in [0.05, 0.1) is 24.7 Å². The van der Waals surface area contributed by atoms with Gasteiger partial charge in [-0.05, 0) is 12.5 Å². The quantitative estimate of drug-likeness (QED) is 0.848. The van der Waals surface area contributed by atoms with Gasteiger partial charge in [-0.15, -0.1) is 0 Å². The fourth-order valence-electron chi connectivity index (χ4n) is 1.53. The van der Waals surface area contributed by atoms with Crippen molar-refractivity contribution in [2.24, 2.45) is 5.73 Å². The van der Waals surface area contributed by atoms with Crippen molar-refractivity contribution in [2.45, 2.75) is 19.9 Å². The molecule has 2 rings (SSSR count). The molecule has 0 saturated carbocycles. The minimum Gasteiger partial charge on any atom is -0.490 e. The van der Waals surface area contributed by atoms with Crippen molar-refractivity contribution in [3.05, 3.63) is 36.4 Å². The molecule has 90 valence electrons. The molecule has 5 heteroatoms. The number of nitrogens with zero attached hydrogens (tertiary/aromatic N) is 3. The van der Waals surface area contributed by atoms with Crippen LogP contribution in [0.5, 0.6) is 5.75 Å². The van der Waals surface area contributed by atoms with Crippen LogP contribution >= 0.6 is 0 Å². The van der Waals surface area contributed by atoms with Crippen LogP contribution in [0.25, 0.3) is 5.69 Å². The highest BCUT2D eigenvalue weighted by Crippen LogP contribution is 2.16. The predicted octanol–water partition coefficient (Wildman–Crippen LogP) is 1.51. The topological polar surface area (TPSA) is 66.0 Å². The van der Waals surface area contributed by atoms with Crippen LogP contribution in [0.3, 0.4) is 0 Å². The molecule has 2 aromatic heterocycles. The average Bonchev–Trinajstić information content (AvgIpc) is 2.85. The molecule has 0 aliphatic carbocycles. The lowest BCUT2D eigenvalue weighted by Crippen LogP contribution is -2.05. The first kappa shape index (κ1) is 11.6. The fraction of sp³-hybridized carbons (Fsp3) is 0.333. The highest BCUT2D eigenvalue weighted by atomic mass is 16.5. The maximum Gasteiger partial charge on any atom is 0.157 e. The summed E-state index contributed by atoms with van der Waals surface area (Å²) in [5.41, 5.74) is 7.56. The van der Waals surface area contributed by atoms with E-state index in [1.54, 1.807) is 23.3 Å². The number of ether oxygens (including phenoxy) is 1. The Kier molecular flexibility index (Phi) is 3.72. The zero-order valence-corrected chi connectivity index (χ0v) is 9.84. The van der Waals surface area contributed by atoms with Crippen molar-refractivity contribution in [2.75, 3.05) is 6.61 Å². The second kappa shape index (κ2) is 5.45. The van der Waals surface area contributed by atoms with Gasteiger partial charge in [-0.1, -0.05) is 6.92 Å². The molecule has 0 unspecified atom stereocenters. The van der Waals surface area contributed by atoms with Crippen LogP contribution in [-0.4, -0.2) is 21.4 Å². The van der Waals surface area contributed by atoms with Crippen molar-refractivity contribution >= 4 is 0 Å².